The van der Waals surface area contributed by atoms with E-state index in [0.717, 1.165) is 4.47 Å². The monoisotopic (exact) mass is 421 g/mol. The van der Waals surface area contributed by atoms with E-state index in [-0.39, 0.29) is 11.6 Å². The summed E-state index contributed by atoms with van der Waals surface area (Å²) in [6.07, 6.45) is 3.22. The molecule has 26 heavy (non-hydrogen) atoms. The van der Waals surface area contributed by atoms with Crippen LogP contribution in [-0.2, 0) is 0 Å². The summed E-state index contributed by atoms with van der Waals surface area (Å²) >= 11 is 3.34. The van der Waals surface area contributed by atoms with E-state index in [1.807, 2.05) is 9.80 Å². The summed E-state index contributed by atoms with van der Waals surface area (Å²) in [5, 5.41) is 0. The van der Waals surface area contributed by atoms with Crippen LogP contribution in [0.2, 0.25) is 0 Å². The minimum absolute atomic E-state index is 0.0242. The zero-order chi connectivity index (χ0) is 18.4. The number of halogens is 2. The van der Waals surface area contributed by atoms with Crippen molar-refractivity contribution in [2.45, 2.75) is 6.92 Å². The van der Waals surface area contributed by atoms with Gasteiger partial charge in [0.05, 0.1) is 11.3 Å². The van der Waals surface area contributed by atoms with Gasteiger partial charge in [0, 0.05) is 54.9 Å². The molecule has 2 saturated heterocycles. The van der Waals surface area contributed by atoms with Crippen LogP contribution in [0.4, 0.5) is 10.3 Å². The lowest BCUT2D eigenvalue weighted by atomic mass is 10.0. The van der Waals surface area contributed by atoms with Crippen molar-refractivity contribution in [3.8, 4) is 0 Å². The van der Waals surface area contributed by atoms with Crippen molar-refractivity contribution in [3.63, 3.8) is 0 Å². The molecule has 0 spiro atoms. The van der Waals surface area contributed by atoms with Gasteiger partial charge in [0.25, 0.3) is 11.5 Å². The average molecular weight is 422 g/mol. The summed E-state index contributed by atoms with van der Waals surface area (Å²) < 4.78 is 14.3. The second kappa shape index (κ2) is 6.46. The first kappa shape index (κ1) is 17.1. The molecule has 2 aliphatic heterocycles. The van der Waals surface area contributed by atoms with Gasteiger partial charge in [-0.3, -0.25) is 19.6 Å². The molecule has 1 N–H and O–H groups in total. The number of carbonyl (C=O) groups excluding carboxylic acids is 1. The molecule has 9 heteroatoms. The molecule has 2 aromatic rings. The predicted molar refractivity (Wildman–Crippen MR) is 96.6 cm³/mol. The third-order valence-electron chi connectivity index (χ3n) is 5.04. The molecule has 0 bridgehead atoms. The van der Waals surface area contributed by atoms with Gasteiger partial charge in [-0.2, -0.15) is 4.39 Å². The molecule has 136 valence electrons. The first-order valence-corrected chi connectivity index (χ1v) is 9.13. The van der Waals surface area contributed by atoms with Crippen LogP contribution in [0.3, 0.4) is 0 Å². The number of nitrogens with zero attached hydrogens (tertiary/aromatic N) is 4. The second-order valence-electron chi connectivity index (χ2n) is 6.82. The number of aromatic amines is 1. The number of nitrogens with one attached hydrogen (secondary N) is 1. The number of carbonyl (C=O) groups is 1. The molecule has 1 amide bonds. The number of likely N-dealkylation sites (tertiary alicyclic amines) is 1. The molecule has 2 unspecified atom stereocenters. The number of aromatic nitrogens is 3. The molecule has 4 rings (SSSR count). The normalized spacial score (nSPS) is 22.0. The molecule has 2 aromatic heterocycles. The van der Waals surface area contributed by atoms with Crippen molar-refractivity contribution in [2.24, 2.45) is 11.8 Å². The van der Waals surface area contributed by atoms with Gasteiger partial charge in [-0.25, -0.2) is 4.98 Å². The summed E-state index contributed by atoms with van der Waals surface area (Å²) in [6.45, 7) is 4.14. The van der Waals surface area contributed by atoms with E-state index in [1.54, 1.807) is 18.5 Å². The van der Waals surface area contributed by atoms with Gasteiger partial charge < -0.3 is 9.80 Å². The zero-order valence-corrected chi connectivity index (χ0v) is 15.7. The number of aryl methyl sites for hydroxylation is 1. The van der Waals surface area contributed by atoms with Crippen molar-refractivity contribution < 1.29 is 9.18 Å². The fraction of sp³-hybridized carbons (Fsp3) is 0.412. The lowest BCUT2D eigenvalue weighted by Crippen LogP contribution is -2.34. The van der Waals surface area contributed by atoms with Crippen LogP contribution in [0, 0.1) is 24.6 Å². The molecule has 4 heterocycles. The van der Waals surface area contributed by atoms with Gasteiger partial charge in [-0.15, -0.1) is 0 Å². The van der Waals surface area contributed by atoms with E-state index in [0.29, 0.717) is 49.5 Å². The highest BCUT2D eigenvalue weighted by Crippen LogP contribution is 2.33. The third kappa shape index (κ3) is 3.00. The van der Waals surface area contributed by atoms with Crippen LogP contribution >= 0.6 is 15.9 Å². The van der Waals surface area contributed by atoms with E-state index < -0.39 is 11.4 Å². The molecule has 0 aromatic carbocycles. The van der Waals surface area contributed by atoms with Gasteiger partial charge in [0.15, 0.2) is 0 Å². The maximum atomic E-state index is 13.5. The van der Waals surface area contributed by atoms with Crippen LogP contribution < -0.4 is 10.5 Å². The Morgan fingerprint density at radius 3 is 2.58 bits per heavy atom. The molecule has 0 saturated carbocycles. The van der Waals surface area contributed by atoms with E-state index in [9.17, 15) is 14.0 Å². The summed E-state index contributed by atoms with van der Waals surface area (Å²) in [7, 11) is 0. The number of amides is 1. The number of hydrogen-bond donors (Lipinski definition) is 1. The molecular formula is C17H17BrFN5O2. The standard InChI is InChI=1S/C17H17BrFN5O2/c1-9-14(19)15(25)22-17(21-9)24-7-11-5-23(6-12(11)8-24)16(26)10-2-13(18)4-20-3-10/h2-4,11-12H,5-8H2,1H3,(H,21,22,25). The van der Waals surface area contributed by atoms with Crippen molar-refractivity contribution in [3.05, 3.63) is 50.4 Å². The smallest absolute Gasteiger partial charge is 0.288 e. The maximum Gasteiger partial charge on any atom is 0.288 e. The predicted octanol–water partition coefficient (Wildman–Crippen LogP) is 1.58. The van der Waals surface area contributed by atoms with Gasteiger partial charge in [0.1, 0.15) is 0 Å². The van der Waals surface area contributed by atoms with Crippen LogP contribution in [0.15, 0.2) is 27.7 Å². The van der Waals surface area contributed by atoms with Crippen LogP contribution in [-0.4, -0.2) is 51.9 Å². The van der Waals surface area contributed by atoms with Gasteiger partial charge in [0.2, 0.25) is 11.8 Å². The number of hydrogen-bond acceptors (Lipinski definition) is 5. The molecule has 2 aliphatic rings. The van der Waals surface area contributed by atoms with Gasteiger partial charge in [-0.05, 0) is 28.9 Å². The molecule has 2 atom stereocenters. The van der Waals surface area contributed by atoms with Crippen molar-refractivity contribution >= 4 is 27.8 Å². The number of anilines is 1. The van der Waals surface area contributed by atoms with Crippen molar-refractivity contribution in [2.75, 3.05) is 31.1 Å². The third-order valence-corrected chi connectivity index (χ3v) is 5.47. The van der Waals surface area contributed by atoms with Crippen LogP contribution in [0.1, 0.15) is 16.1 Å². The van der Waals surface area contributed by atoms with Crippen LogP contribution in [0.25, 0.3) is 0 Å². The van der Waals surface area contributed by atoms with E-state index in [4.69, 9.17) is 0 Å². The molecular weight excluding hydrogens is 405 g/mol. The van der Waals surface area contributed by atoms with Crippen molar-refractivity contribution in [1.29, 1.82) is 0 Å². The summed E-state index contributed by atoms with van der Waals surface area (Å²) in [6, 6.07) is 1.77. The van der Waals surface area contributed by atoms with E-state index in [2.05, 4.69) is 30.9 Å². The summed E-state index contributed by atoms with van der Waals surface area (Å²) in [4.78, 5) is 38.8. The van der Waals surface area contributed by atoms with E-state index in [1.165, 1.54) is 6.92 Å². The van der Waals surface area contributed by atoms with Crippen LogP contribution in [0.5, 0.6) is 0 Å². The second-order valence-corrected chi connectivity index (χ2v) is 7.73. The first-order chi connectivity index (χ1) is 12.4. The minimum atomic E-state index is -0.840. The topological polar surface area (TPSA) is 82.2 Å². The van der Waals surface area contributed by atoms with Gasteiger partial charge in [-0.1, -0.05) is 0 Å². The van der Waals surface area contributed by atoms with Gasteiger partial charge >= 0.3 is 0 Å². The highest BCUT2D eigenvalue weighted by molar-refractivity contribution is 9.10. The maximum absolute atomic E-state index is 13.5. The SMILES string of the molecule is Cc1nc(N2CC3CN(C(=O)c4cncc(Br)c4)CC3C2)[nH]c(=O)c1F. The van der Waals surface area contributed by atoms with E-state index >= 15 is 0 Å². The Kier molecular flexibility index (Phi) is 4.26. The minimum Gasteiger partial charge on any atom is -0.342 e. The fourth-order valence-electron chi connectivity index (χ4n) is 3.75. The number of H-pyrrole nitrogens is 1. The highest BCUT2D eigenvalue weighted by Gasteiger charge is 2.42. The Labute approximate surface area is 157 Å². The number of pyridine rings is 1. The number of rotatable bonds is 2. The molecule has 0 aliphatic carbocycles. The Bertz CT molecular complexity index is 920. The fourth-order valence-corrected chi connectivity index (χ4v) is 4.11. The average Bonchev–Trinajstić information content (AvgIpc) is 3.17. The Hall–Kier alpha value is -2.29. The Balaban J connectivity index is 1.46. The quantitative estimate of drug-likeness (QED) is 0.795. The summed E-state index contributed by atoms with van der Waals surface area (Å²) in [5.74, 6) is 0.137. The Morgan fingerprint density at radius 1 is 1.27 bits per heavy atom. The molecule has 7 nitrogen and oxygen atoms in total. The lowest BCUT2D eigenvalue weighted by Gasteiger charge is -2.22. The first-order valence-electron chi connectivity index (χ1n) is 8.33. The Morgan fingerprint density at radius 2 is 1.96 bits per heavy atom. The molecule has 0 radical (unpaired) electrons. The largest absolute Gasteiger partial charge is 0.342 e. The molecule has 2 fully saturated rings. The lowest BCUT2D eigenvalue weighted by molar-refractivity contribution is 0.0782. The summed E-state index contributed by atoms with van der Waals surface area (Å²) in [5.41, 5.74) is -0.0837. The zero-order valence-electron chi connectivity index (χ0n) is 14.1. The number of fused-ring (bicyclic) bond motifs is 1. The highest BCUT2D eigenvalue weighted by atomic mass is 79.9. The van der Waals surface area contributed by atoms with Crippen molar-refractivity contribution in [1.82, 2.24) is 19.9 Å².